The third kappa shape index (κ3) is 10.5. The number of nitrogens with zero attached hydrogens (tertiary/aromatic N) is 3. The molecule has 3 heterocycles. The van der Waals surface area contributed by atoms with Crippen molar-refractivity contribution in [1.29, 1.82) is 0 Å². The topological polar surface area (TPSA) is 169 Å². The van der Waals surface area contributed by atoms with Gasteiger partial charge in [-0.3, -0.25) is 0 Å². The maximum absolute atomic E-state index is 12.8. The van der Waals surface area contributed by atoms with Crippen LogP contribution in [0.15, 0.2) is 36.8 Å². The highest BCUT2D eigenvalue weighted by Gasteiger charge is 2.15. The van der Waals surface area contributed by atoms with Crippen LogP contribution in [0.4, 0.5) is 17.6 Å². The van der Waals surface area contributed by atoms with E-state index in [1.54, 1.807) is 0 Å². The molecule has 0 spiro atoms. The van der Waals surface area contributed by atoms with Gasteiger partial charge in [-0.25, -0.2) is 46.9 Å². The van der Waals surface area contributed by atoms with Gasteiger partial charge in [0, 0.05) is 18.2 Å². The van der Waals surface area contributed by atoms with Crippen molar-refractivity contribution in [2.45, 2.75) is 14.9 Å². The number of hydrogen-bond acceptors (Lipinski definition) is 10. The SMILES string of the molecule is C.C.COC(=O)c1ncc(F)cc1F.COC(=O)c1ncc(O)cc1F.O=C(O)c1ncc(O)cc1F. The molecule has 0 aromatic carbocycles. The first-order chi connectivity index (χ1) is 16.4. The van der Waals surface area contributed by atoms with Crippen LogP contribution in [0.1, 0.15) is 46.3 Å². The third-order valence-corrected chi connectivity index (χ3v) is 3.42. The van der Waals surface area contributed by atoms with Gasteiger partial charge in [-0.2, -0.15) is 0 Å². The minimum atomic E-state index is -1.46. The second-order valence-corrected chi connectivity index (χ2v) is 5.82. The van der Waals surface area contributed by atoms with E-state index < -0.39 is 64.0 Å². The lowest BCUT2D eigenvalue weighted by atomic mass is 10.3. The van der Waals surface area contributed by atoms with Crippen molar-refractivity contribution in [2.75, 3.05) is 14.2 Å². The predicted octanol–water partition coefficient (Wildman–Crippen LogP) is 3.76. The zero-order valence-corrected chi connectivity index (χ0v) is 17.7. The molecule has 0 atom stereocenters. The predicted molar refractivity (Wildman–Crippen MR) is 119 cm³/mol. The van der Waals surface area contributed by atoms with Crippen LogP contribution in [0.25, 0.3) is 0 Å². The number of carboxylic acid groups (broad SMARTS) is 1. The van der Waals surface area contributed by atoms with Crippen molar-refractivity contribution >= 4 is 17.9 Å². The van der Waals surface area contributed by atoms with Crippen molar-refractivity contribution in [3.63, 3.8) is 0 Å². The fraction of sp³-hybridized carbons (Fsp3) is 0.182. The van der Waals surface area contributed by atoms with E-state index in [-0.39, 0.29) is 20.6 Å². The number of aromatic carboxylic acids is 1. The second-order valence-electron chi connectivity index (χ2n) is 5.82. The molecule has 0 bridgehead atoms. The van der Waals surface area contributed by atoms with E-state index >= 15 is 0 Å². The van der Waals surface area contributed by atoms with Crippen molar-refractivity contribution in [3.8, 4) is 11.5 Å². The zero-order chi connectivity index (χ0) is 26.7. The summed E-state index contributed by atoms with van der Waals surface area (Å²) in [5, 5.41) is 25.6. The molecule has 0 radical (unpaired) electrons. The summed E-state index contributed by atoms with van der Waals surface area (Å²) in [6, 6.07) is 2.05. The summed E-state index contributed by atoms with van der Waals surface area (Å²) in [6.07, 6.45) is 2.58. The summed E-state index contributed by atoms with van der Waals surface area (Å²) in [7, 11) is 2.21. The van der Waals surface area contributed by atoms with Gasteiger partial charge in [0.1, 0.15) is 17.3 Å². The van der Waals surface area contributed by atoms with E-state index in [2.05, 4.69) is 24.4 Å². The van der Waals surface area contributed by atoms with Gasteiger partial charge in [-0.1, -0.05) is 14.9 Å². The summed E-state index contributed by atoms with van der Waals surface area (Å²) in [5.41, 5.74) is -1.64. The molecule has 3 aromatic heterocycles. The first-order valence-electron chi connectivity index (χ1n) is 8.81. The number of pyridine rings is 3. The lowest BCUT2D eigenvalue weighted by Crippen LogP contribution is -2.07. The molecular formula is C22H23F4N3O8. The number of esters is 2. The minimum absolute atomic E-state index is 0. The Hall–Kier alpha value is -4.82. The van der Waals surface area contributed by atoms with Crippen LogP contribution in [0.3, 0.4) is 0 Å². The van der Waals surface area contributed by atoms with Gasteiger partial charge in [-0.15, -0.1) is 0 Å². The van der Waals surface area contributed by atoms with Crippen LogP contribution in [-0.4, -0.2) is 62.4 Å². The summed E-state index contributed by atoms with van der Waals surface area (Å²) >= 11 is 0. The number of aromatic hydroxyl groups is 2. The molecule has 0 saturated heterocycles. The Kier molecular flexibility index (Phi) is 14.8. The highest BCUT2D eigenvalue weighted by atomic mass is 19.1. The van der Waals surface area contributed by atoms with Crippen LogP contribution in [-0.2, 0) is 9.47 Å². The van der Waals surface area contributed by atoms with E-state index in [4.69, 9.17) is 15.3 Å². The number of carboxylic acids is 1. The van der Waals surface area contributed by atoms with E-state index in [0.717, 1.165) is 38.9 Å². The summed E-state index contributed by atoms with van der Waals surface area (Å²) in [5.74, 6) is -7.78. The second kappa shape index (κ2) is 16.0. The summed E-state index contributed by atoms with van der Waals surface area (Å²) < 4.78 is 58.6. The number of ether oxygens (including phenoxy) is 2. The largest absolute Gasteiger partial charge is 0.506 e. The number of rotatable bonds is 3. The maximum Gasteiger partial charge on any atom is 0.359 e. The van der Waals surface area contributed by atoms with E-state index in [1.165, 1.54) is 0 Å². The first kappa shape index (κ1) is 34.3. The molecule has 3 rings (SSSR count). The molecule has 0 saturated carbocycles. The van der Waals surface area contributed by atoms with Crippen molar-refractivity contribution in [2.24, 2.45) is 0 Å². The lowest BCUT2D eigenvalue weighted by molar-refractivity contribution is 0.0579. The zero-order valence-electron chi connectivity index (χ0n) is 17.7. The molecule has 11 nitrogen and oxygen atoms in total. The average Bonchev–Trinajstić information content (AvgIpc) is 2.78. The van der Waals surface area contributed by atoms with Crippen LogP contribution >= 0.6 is 0 Å². The molecule has 0 unspecified atom stereocenters. The third-order valence-electron chi connectivity index (χ3n) is 3.42. The number of hydrogen-bond donors (Lipinski definition) is 3. The van der Waals surface area contributed by atoms with E-state index in [1.807, 2.05) is 0 Å². The Labute approximate surface area is 208 Å². The molecule has 3 N–H and O–H groups in total. The number of carbonyl (C=O) groups excluding carboxylic acids is 2. The van der Waals surface area contributed by atoms with Gasteiger partial charge >= 0.3 is 17.9 Å². The monoisotopic (exact) mass is 533 g/mol. The lowest BCUT2D eigenvalue weighted by Gasteiger charge is -1.99. The molecule has 15 heteroatoms. The molecule has 0 fully saturated rings. The highest BCUT2D eigenvalue weighted by Crippen LogP contribution is 2.12. The number of methoxy groups -OCH3 is 2. The van der Waals surface area contributed by atoms with Gasteiger partial charge in [-0.05, 0) is 0 Å². The van der Waals surface area contributed by atoms with Crippen LogP contribution in [0.5, 0.6) is 11.5 Å². The van der Waals surface area contributed by atoms with Gasteiger partial charge in [0.15, 0.2) is 34.5 Å². The maximum atomic E-state index is 12.8. The van der Waals surface area contributed by atoms with Crippen LogP contribution in [0.2, 0.25) is 0 Å². The summed E-state index contributed by atoms with van der Waals surface area (Å²) in [4.78, 5) is 41.3. The highest BCUT2D eigenvalue weighted by molar-refractivity contribution is 5.87. The van der Waals surface area contributed by atoms with Gasteiger partial charge in [0.05, 0.1) is 32.8 Å². The first-order valence-corrected chi connectivity index (χ1v) is 8.81. The molecule has 0 aliphatic heterocycles. The molecule has 0 aliphatic rings. The standard InChI is InChI=1S/C7H5F2NO2.C7H6FNO3.C6H4FNO3.2CH4/c1-12-7(11)6-5(9)2-4(8)3-10-6;1-12-7(11)6-5(8)2-4(10)3-9-6;7-4-1-3(9)2-8-5(4)6(10)11;;/h2-3H,1H3;2-3,10H,1H3;1-2,9H,(H,10,11);2*1H4. The van der Waals surface area contributed by atoms with Gasteiger partial charge < -0.3 is 24.8 Å². The Morgan fingerprint density at radius 2 is 1.03 bits per heavy atom. The minimum Gasteiger partial charge on any atom is -0.506 e. The van der Waals surface area contributed by atoms with Crippen molar-refractivity contribution in [1.82, 2.24) is 15.0 Å². The van der Waals surface area contributed by atoms with E-state index in [9.17, 15) is 31.9 Å². The molecule has 0 amide bonds. The van der Waals surface area contributed by atoms with Crippen molar-refractivity contribution < 1.29 is 56.7 Å². The Morgan fingerprint density at radius 1 is 0.676 bits per heavy atom. The Morgan fingerprint density at radius 3 is 1.35 bits per heavy atom. The number of carbonyl (C=O) groups is 3. The Bertz CT molecular complexity index is 1170. The van der Waals surface area contributed by atoms with Crippen molar-refractivity contribution in [3.05, 3.63) is 77.1 Å². The van der Waals surface area contributed by atoms with Gasteiger partial charge in [0.2, 0.25) is 0 Å². The smallest absolute Gasteiger partial charge is 0.359 e. The quantitative estimate of drug-likeness (QED) is 0.331. The number of halogens is 4. The fourth-order valence-electron chi connectivity index (χ4n) is 1.92. The van der Waals surface area contributed by atoms with Gasteiger partial charge in [0.25, 0.3) is 0 Å². The Balaban J connectivity index is 0. The molecule has 37 heavy (non-hydrogen) atoms. The average molecular weight is 533 g/mol. The molecule has 3 aromatic rings. The molecule has 202 valence electrons. The summed E-state index contributed by atoms with van der Waals surface area (Å²) in [6.45, 7) is 0. The molecule has 0 aliphatic carbocycles. The normalized spacial score (nSPS) is 9.03. The molecular weight excluding hydrogens is 510 g/mol. The van der Waals surface area contributed by atoms with Crippen LogP contribution < -0.4 is 0 Å². The fourth-order valence-corrected chi connectivity index (χ4v) is 1.92. The number of aromatic nitrogens is 3. The van der Waals surface area contributed by atoms with Crippen LogP contribution in [0, 0.1) is 23.3 Å². The van der Waals surface area contributed by atoms with E-state index in [0.29, 0.717) is 12.1 Å².